The summed E-state index contributed by atoms with van der Waals surface area (Å²) in [6.07, 6.45) is 3.16. The smallest absolute Gasteiger partial charge is 0.275 e. The van der Waals surface area contributed by atoms with Crippen LogP contribution in [0.25, 0.3) is 0 Å². The first-order chi connectivity index (χ1) is 13.0. The summed E-state index contributed by atoms with van der Waals surface area (Å²) in [4.78, 5) is 25.8. The van der Waals surface area contributed by atoms with Crippen LogP contribution < -0.4 is 15.0 Å². The van der Waals surface area contributed by atoms with Gasteiger partial charge in [-0.2, -0.15) is 0 Å². The summed E-state index contributed by atoms with van der Waals surface area (Å²) in [6.45, 7) is 8.94. The highest BCUT2D eigenvalue weighted by atomic mass is 35.5. The number of amides is 1. The van der Waals surface area contributed by atoms with Crippen LogP contribution >= 0.6 is 11.6 Å². The maximum atomic E-state index is 12.5. The van der Waals surface area contributed by atoms with Gasteiger partial charge >= 0.3 is 0 Å². The van der Waals surface area contributed by atoms with Gasteiger partial charge in [-0.1, -0.05) is 18.5 Å². The Morgan fingerprint density at radius 3 is 2.56 bits per heavy atom. The number of aromatic nitrogens is 2. The molecule has 1 aromatic carbocycles. The monoisotopic (exact) mass is 389 g/mol. The molecular formula is C19H24ClN5O2. The maximum Gasteiger partial charge on any atom is 0.275 e. The number of aryl methyl sites for hydroxylation is 1. The van der Waals surface area contributed by atoms with Gasteiger partial charge in [0.15, 0.2) is 0 Å². The molecule has 144 valence electrons. The molecule has 1 N–H and O–H groups in total. The first kappa shape index (κ1) is 19.4. The van der Waals surface area contributed by atoms with E-state index in [0.717, 1.165) is 44.1 Å². The number of hydrogen-bond acceptors (Lipinski definition) is 6. The Kier molecular flexibility index (Phi) is 6.13. The highest BCUT2D eigenvalue weighted by Crippen LogP contribution is 2.31. The number of anilines is 2. The summed E-state index contributed by atoms with van der Waals surface area (Å²) in [5.41, 5.74) is 1.65. The molecule has 1 fully saturated rings. The van der Waals surface area contributed by atoms with E-state index < -0.39 is 0 Å². The lowest BCUT2D eigenvalue weighted by molar-refractivity contribution is 0.102. The number of piperazine rings is 1. The molecule has 1 aliphatic heterocycles. The number of methoxy groups -OCH3 is 1. The van der Waals surface area contributed by atoms with Gasteiger partial charge in [-0.25, -0.2) is 9.97 Å². The quantitative estimate of drug-likeness (QED) is 0.847. The lowest BCUT2D eigenvalue weighted by Crippen LogP contribution is -2.46. The first-order valence-corrected chi connectivity index (χ1v) is 9.34. The van der Waals surface area contributed by atoms with Crippen molar-refractivity contribution in [3.8, 4) is 5.75 Å². The minimum Gasteiger partial charge on any atom is -0.495 e. The fourth-order valence-electron chi connectivity index (χ4n) is 3.01. The third-order valence-electron chi connectivity index (χ3n) is 4.74. The SMILES string of the molecule is CCN1CCN(c2cnc(C(=O)Nc3cc(C)c(Cl)cc3OC)cn2)CC1. The van der Waals surface area contributed by atoms with Crippen molar-refractivity contribution in [2.75, 3.05) is 50.1 Å². The Labute approximate surface area is 164 Å². The number of nitrogens with zero attached hydrogens (tertiary/aromatic N) is 4. The number of benzene rings is 1. The van der Waals surface area contributed by atoms with Gasteiger partial charge < -0.3 is 19.9 Å². The Morgan fingerprint density at radius 1 is 1.22 bits per heavy atom. The molecule has 8 heteroatoms. The molecular weight excluding hydrogens is 366 g/mol. The van der Waals surface area contributed by atoms with Crippen molar-refractivity contribution in [2.24, 2.45) is 0 Å². The summed E-state index contributed by atoms with van der Waals surface area (Å²) in [5.74, 6) is 0.949. The van der Waals surface area contributed by atoms with Crippen LogP contribution in [0, 0.1) is 6.92 Å². The van der Waals surface area contributed by atoms with Crippen LogP contribution in [-0.2, 0) is 0 Å². The zero-order valence-electron chi connectivity index (χ0n) is 15.8. The average Bonchev–Trinajstić information content (AvgIpc) is 2.70. The van der Waals surface area contributed by atoms with Crippen LogP contribution in [0.15, 0.2) is 24.5 Å². The van der Waals surface area contributed by atoms with E-state index >= 15 is 0 Å². The van der Waals surface area contributed by atoms with Crippen LogP contribution in [0.3, 0.4) is 0 Å². The molecule has 0 saturated carbocycles. The van der Waals surface area contributed by atoms with E-state index in [1.165, 1.54) is 13.3 Å². The molecule has 2 aromatic rings. The normalized spacial score (nSPS) is 14.9. The fourth-order valence-corrected chi connectivity index (χ4v) is 3.16. The molecule has 0 spiro atoms. The van der Waals surface area contributed by atoms with Gasteiger partial charge in [-0.3, -0.25) is 4.79 Å². The molecule has 0 radical (unpaired) electrons. The molecule has 1 saturated heterocycles. The zero-order valence-corrected chi connectivity index (χ0v) is 16.6. The van der Waals surface area contributed by atoms with E-state index in [2.05, 4.69) is 32.0 Å². The van der Waals surface area contributed by atoms with Crippen LogP contribution in [0.2, 0.25) is 5.02 Å². The second-order valence-electron chi connectivity index (χ2n) is 6.44. The minimum atomic E-state index is -0.343. The van der Waals surface area contributed by atoms with E-state index in [1.807, 2.05) is 6.92 Å². The summed E-state index contributed by atoms with van der Waals surface area (Å²) in [5, 5.41) is 3.39. The summed E-state index contributed by atoms with van der Waals surface area (Å²) in [7, 11) is 1.53. The van der Waals surface area contributed by atoms with Crippen LogP contribution in [0.1, 0.15) is 23.0 Å². The van der Waals surface area contributed by atoms with Gasteiger partial charge in [0, 0.05) is 37.3 Å². The van der Waals surface area contributed by atoms with E-state index in [9.17, 15) is 4.79 Å². The van der Waals surface area contributed by atoms with Gasteiger partial charge in [-0.15, -0.1) is 0 Å². The molecule has 3 rings (SSSR count). The van der Waals surface area contributed by atoms with Crippen molar-refractivity contribution >= 4 is 29.0 Å². The zero-order chi connectivity index (χ0) is 19.4. The molecule has 1 aliphatic rings. The van der Waals surface area contributed by atoms with Crippen LogP contribution in [-0.4, -0.2) is 60.6 Å². The molecule has 7 nitrogen and oxygen atoms in total. The Bertz CT molecular complexity index is 804. The minimum absolute atomic E-state index is 0.251. The van der Waals surface area contributed by atoms with E-state index in [4.69, 9.17) is 16.3 Å². The topological polar surface area (TPSA) is 70.6 Å². The van der Waals surface area contributed by atoms with Gasteiger partial charge in [0.05, 0.1) is 25.2 Å². The Hall–Kier alpha value is -2.38. The first-order valence-electron chi connectivity index (χ1n) is 8.96. The number of hydrogen-bond donors (Lipinski definition) is 1. The lowest BCUT2D eigenvalue weighted by Gasteiger charge is -2.34. The molecule has 0 aliphatic carbocycles. The van der Waals surface area contributed by atoms with Crippen molar-refractivity contribution in [1.29, 1.82) is 0 Å². The molecule has 0 bridgehead atoms. The molecule has 2 heterocycles. The van der Waals surface area contributed by atoms with Gasteiger partial charge in [-0.05, 0) is 25.1 Å². The number of likely N-dealkylation sites (N-methyl/N-ethyl adjacent to an activating group) is 1. The largest absolute Gasteiger partial charge is 0.495 e. The van der Waals surface area contributed by atoms with Crippen molar-refractivity contribution in [2.45, 2.75) is 13.8 Å². The van der Waals surface area contributed by atoms with Crippen molar-refractivity contribution in [3.05, 3.63) is 40.8 Å². The molecule has 0 unspecified atom stereocenters. The molecule has 0 atom stereocenters. The van der Waals surface area contributed by atoms with Crippen LogP contribution in [0.5, 0.6) is 5.75 Å². The highest BCUT2D eigenvalue weighted by molar-refractivity contribution is 6.31. The number of halogens is 1. The Balaban J connectivity index is 1.69. The predicted octanol–water partition coefficient (Wildman–Crippen LogP) is 2.84. The second-order valence-corrected chi connectivity index (χ2v) is 6.84. The van der Waals surface area contributed by atoms with E-state index in [0.29, 0.717) is 16.5 Å². The standard InChI is InChI=1S/C19H24ClN5O2/c1-4-24-5-7-25(8-6-24)18-12-21-16(11-22-18)19(26)23-15-9-13(2)14(20)10-17(15)27-3/h9-12H,4-8H2,1-3H3,(H,23,26). The van der Waals surface area contributed by atoms with E-state index in [-0.39, 0.29) is 11.6 Å². The third-order valence-corrected chi connectivity index (χ3v) is 5.15. The molecule has 27 heavy (non-hydrogen) atoms. The van der Waals surface area contributed by atoms with Crippen LogP contribution in [0.4, 0.5) is 11.5 Å². The van der Waals surface area contributed by atoms with E-state index in [1.54, 1.807) is 18.3 Å². The van der Waals surface area contributed by atoms with Crippen molar-refractivity contribution in [3.63, 3.8) is 0 Å². The number of rotatable bonds is 5. The molecule has 1 amide bonds. The molecule has 1 aromatic heterocycles. The predicted molar refractivity (Wildman–Crippen MR) is 107 cm³/mol. The fraction of sp³-hybridized carbons (Fsp3) is 0.421. The lowest BCUT2D eigenvalue weighted by atomic mass is 10.2. The van der Waals surface area contributed by atoms with Gasteiger partial charge in [0.1, 0.15) is 17.3 Å². The van der Waals surface area contributed by atoms with Gasteiger partial charge in [0.25, 0.3) is 5.91 Å². The number of nitrogens with one attached hydrogen (secondary N) is 1. The third kappa shape index (κ3) is 4.48. The number of carbonyl (C=O) groups excluding carboxylic acids is 1. The Morgan fingerprint density at radius 2 is 1.96 bits per heavy atom. The highest BCUT2D eigenvalue weighted by Gasteiger charge is 2.18. The maximum absolute atomic E-state index is 12.5. The second kappa shape index (κ2) is 8.54. The summed E-state index contributed by atoms with van der Waals surface area (Å²) >= 11 is 6.10. The van der Waals surface area contributed by atoms with Crippen molar-refractivity contribution < 1.29 is 9.53 Å². The van der Waals surface area contributed by atoms with Crippen molar-refractivity contribution in [1.82, 2.24) is 14.9 Å². The number of ether oxygens (including phenoxy) is 1. The summed E-state index contributed by atoms with van der Waals surface area (Å²) < 4.78 is 5.29. The average molecular weight is 390 g/mol. The number of carbonyl (C=O) groups is 1. The van der Waals surface area contributed by atoms with Gasteiger partial charge in [0.2, 0.25) is 0 Å². The summed E-state index contributed by atoms with van der Waals surface area (Å²) in [6, 6.07) is 3.45.